The topological polar surface area (TPSA) is 67.4 Å². The molecule has 2 N–H and O–H groups in total. The molecular weight excluding hydrogens is 316 g/mol. The Hall–Kier alpha value is -2.53. The highest BCUT2D eigenvalue weighted by atomic mass is 35.5. The van der Waals surface area contributed by atoms with Crippen molar-refractivity contribution in [2.75, 3.05) is 23.8 Å². The van der Waals surface area contributed by atoms with E-state index in [1.165, 1.54) is 0 Å². The van der Waals surface area contributed by atoms with Crippen LogP contribution in [0.25, 0.3) is 0 Å². The van der Waals surface area contributed by atoms with Crippen molar-refractivity contribution < 1.29 is 14.3 Å². The van der Waals surface area contributed by atoms with Crippen LogP contribution in [0.2, 0.25) is 5.02 Å². The van der Waals surface area contributed by atoms with Gasteiger partial charge in [-0.1, -0.05) is 23.7 Å². The maximum Gasteiger partial charge on any atom is 0.340 e. The van der Waals surface area contributed by atoms with Gasteiger partial charge in [0.1, 0.15) is 0 Å². The molecule has 6 heteroatoms. The van der Waals surface area contributed by atoms with Crippen LogP contribution in [0.3, 0.4) is 0 Å². The summed E-state index contributed by atoms with van der Waals surface area (Å²) in [7, 11) is 0. The molecule has 2 aromatic carbocycles. The van der Waals surface area contributed by atoms with Crippen molar-refractivity contribution in [2.45, 2.75) is 6.92 Å². The fourth-order valence-corrected chi connectivity index (χ4v) is 2.05. The van der Waals surface area contributed by atoms with E-state index in [1.54, 1.807) is 55.5 Å². The van der Waals surface area contributed by atoms with Crippen LogP contribution in [0.1, 0.15) is 17.3 Å². The van der Waals surface area contributed by atoms with Gasteiger partial charge in [-0.2, -0.15) is 0 Å². The van der Waals surface area contributed by atoms with Gasteiger partial charge in [-0.05, 0) is 43.3 Å². The largest absolute Gasteiger partial charge is 0.462 e. The molecule has 0 heterocycles. The molecule has 0 aliphatic rings. The quantitative estimate of drug-likeness (QED) is 0.794. The summed E-state index contributed by atoms with van der Waals surface area (Å²) >= 11 is 5.80. The monoisotopic (exact) mass is 332 g/mol. The average molecular weight is 333 g/mol. The Kier molecular flexibility index (Phi) is 6.00. The van der Waals surface area contributed by atoms with Gasteiger partial charge in [0.15, 0.2) is 0 Å². The van der Waals surface area contributed by atoms with Crippen LogP contribution in [0, 0.1) is 0 Å². The number of amides is 1. The molecule has 0 aliphatic carbocycles. The number of hydrogen-bond acceptors (Lipinski definition) is 4. The number of ether oxygens (including phenoxy) is 1. The smallest absolute Gasteiger partial charge is 0.340 e. The van der Waals surface area contributed by atoms with Crippen molar-refractivity contribution in [3.63, 3.8) is 0 Å². The minimum absolute atomic E-state index is 0.0682. The standard InChI is InChI=1S/C17H17ClN2O3/c1-2-23-17(22)14-5-3-4-6-15(14)20-16(21)11-19-13-9-7-12(18)8-10-13/h3-10,19H,2,11H2,1H3,(H,20,21). The molecule has 0 bridgehead atoms. The second kappa shape index (κ2) is 8.19. The maximum atomic E-state index is 12.0. The molecule has 5 nitrogen and oxygen atoms in total. The van der Waals surface area contributed by atoms with Crippen LogP contribution in [-0.4, -0.2) is 25.0 Å². The molecule has 0 fully saturated rings. The van der Waals surface area contributed by atoms with E-state index >= 15 is 0 Å². The summed E-state index contributed by atoms with van der Waals surface area (Å²) in [4.78, 5) is 23.9. The lowest BCUT2D eigenvalue weighted by molar-refractivity contribution is -0.114. The second-order valence-electron chi connectivity index (χ2n) is 4.67. The molecule has 23 heavy (non-hydrogen) atoms. The molecule has 0 aromatic heterocycles. The Balaban J connectivity index is 1.97. The first kappa shape index (κ1) is 16.8. The molecule has 0 aliphatic heterocycles. The molecule has 0 saturated carbocycles. The average Bonchev–Trinajstić information content (AvgIpc) is 2.55. The number of benzene rings is 2. The highest BCUT2D eigenvalue weighted by Crippen LogP contribution is 2.17. The second-order valence-corrected chi connectivity index (χ2v) is 5.11. The first-order valence-electron chi connectivity index (χ1n) is 7.15. The third-order valence-corrected chi connectivity index (χ3v) is 3.25. The predicted molar refractivity (Wildman–Crippen MR) is 91.0 cm³/mol. The molecule has 120 valence electrons. The molecule has 1 amide bonds. The minimum Gasteiger partial charge on any atom is -0.462 e. The number of halogens is 1. The van der Waals surface area contributed by atoms with Gasteiger partial charge >= 0.3 is 5.97 Å². The minimum atomic E-state index is -0.464. The lowest BCUT2D eigenvalue weighted by Gasteiger charge is -2.11. The van der Waals surface area contributed by atoms with Gasteiger partial charge in [-0.15, -0.1) is 0 Å². The van der Waals surface area contributed by atoms with Crippen LogP contribution >= 0.6 is 11.6 Å². The van der Waals surface area contributed by atoms with Gasteiger partial charge in [-0.25, -0.2) is 4.79 Å². The summed E-state index contributed by atoms with van der Waals surface area (Å²) < 4.78 is 4.97. The number of rotatable bonds is 6. The van der Waals surface area contributed by atoms with E-state index in [0.717, 1.165) is 5.69 Å². The predicted octanol–water partition coefficient (Wildman–Crippen LogP) is 3.57. The Bertz CT molecular complexity index is 686. The Morgan fingerprint density at radius 3 is 2.48 bits per heavy atom. The van der Waals surface area contributed by atoms with E-state index in [9.17, 15) is 9.59 Å². The third-order valence-electron chi connectivity index (χ3n) is 2.99. The van der Waals surface area contributed by atoms with Gasteiger partial charge < -0.3 is 15.4 Å². The third kappa shape index (κ3) is 5.00. The highest BCUT2D eigenvalue weighted by Gasteiger charge is 2.13. The van der Waals surface area contributed by atoms with Crippen molar-refractivity contribution in [1.82, 2.24) is 0 Å². The van der Waals surface area contributed by atoms with Crippen LogP contribution in [0.15, 0.2) is 48.5 Å². The van der Waals surface area contributed by atoms with Gasteiger partial charge in [0.25, 0.3) is 0 Å². The zero-order chi connectivity index (χ0) is 16.7. The van der Waals surface area contributed by atoms with Crippen molar-refractivity contribution >= 4 is 34.9 Å². The summed E-state index contributed by atoms with van der Waals surface area (Å²) in [5.74, 6) is -0.731. The van der Waals surface area contributed by atoms with Crippen LogP contribution in [0.4, 0.5) is 11.4 Å². The number of carbonyl (C=O) groups excluding carboxylic acids is 2. The van der Waals surface area contributed by atoms with Gasteiger partial charge in [0, 0.05) is 10.7 Å². The summed E-state index contributed by atoms with van der Waals surface area (Å²) in [6, 6.07) is 13.8. The van der Waals surface area contributed by atoms with E-state index < -0.39 is 5.97 Å². The van der Waals surface area contributed by atoms with Crippen LogP contribution in [0.5, 0.6) is 0 Å². The molecule has 0 unspecified atom stereocenters. The van der Waals surface area contributed by atoms with Gasteiger partial charge in [-0.3, -0.25) is 4.79 Å². The zero-order valence-corrected chi connectivity index (χ0v) is 13.4. The summed E-state index contributed by atoms with van der Waals surface area (Å²) in [5.41, 5.74) is 1.53. The number of hydrogen-bond donors (Lipinski definition) is 2. The van der Waals surface area contributed by atoms with Crippen molar-refractivity contribution in [3.8, 4) is 0 Å². The van der Waals surface area contributed by atoms with E-state index in [2.05, 4.69) is 10.6 Å². The molecule has 0 spiro atoms. The molecule has 0 radical (unpaired) electrons. The van der Waals surface area contributed by atoms with E-state index in [0.29, 0.717) is 16.3 Å². The SMILES string of the molecule is CCOC(=O)c1ccccc1NC(=O)CNc1ccc(Cl)cc1. The molecule has 0 saturated heterocycles. The molecule has 0 atom stereocenters. The Morgan fingerprint density at radius 1 is 1.09 bits per heavy atom. The molecular formula is C17H17ClN2O3. The van der Waals surface area contributed by atoms with Gasteiger partial charge in [0.2, 0.25) is 5.91 Å². The van der Waals surface area contributed by atoms with Crippen molar-refractivity contribution in [1.29, 1.82) is 0 Å². The summed E-state index contributed by atoms with van der Waals surface area (Å²) in [6.45, 7) is 2.08. The van der Waals surface area contributed by atoms with Crippen molar-refractivity contribution in [3.05, 3.63) is 59.1 Å². The van der Waals surface area contributed by atoms with Crippen LogP contribution < -0.4 is 10.6 Å². The lowest BCUT2D eigenvalue weighted by Crippen LogP contribution is -2.23. The maximum absolute atomic E-state index is 12.0. The summed E-state index contributed by atoms with van der Waals surface area (Å²) in [6.07, 6.45) is 0. The molecule has 2 rings (SSSR count). The zero-order valence-electron chi connectivity index (χ0n) is 12.6. The Morgan fingerprint density at radius 2 is 1.78 bits per heavy atom. The lowest BCUT2D eigenvalue weighted by atomic mass is 10.2. The molecule has 2 aromatic rings. The number of nitrogens with one attached hydrogen (secondary N) is 2. The number of anilines is 2. The summed E-state index contributed by atoms with van der Waals surface area (Å²) in [5, 5.41) is 6.31. The van der Waals surface area contributed by atoms with Crippen molar-refractivity contribution in [2.24, 2.45) is 0 Å². The van der Waals surface area contributed by atoms with Crippen LogP contribution in [-0.2, 0) is 9.53 Å². The fourth-order valence-electron chi connectivity index (χ4n) is 1.92. The number of carbonyl (C=O) groups is 2. The normalized spacial score (nSPS) is 10.0. The fraction of sp³-hybridized carbons (Fsp3) is 0.176. The number of para-hydroxylation sites is 1. The van der Waals surface area contributed by atoms with Gasteiger partial charge in [0.05, 0.1) is 24.4 Å². The first-order valence-corrected chi connectivity index (χ1v) is 7.53. The van der Waals surface area contributed by atoms with E-state index in [1.807, 2.05) is 0 Å². The first-order chi connectivity index (χ1) is 11.1. The Labute approximate surface area is 139 Å². The van der Waals surface area contributed by atoms with E-state index in [-0.39, 0.29) is 19.1 Å². The highest BCUT2D eigenvalue weighted by molar-refractivity contribution is 6.30. The number of esters is 1. The van der Waals surface area contributed by atoms with E-state index in [4.69, 9.17) is 16.3 Å².